The molecule has 3 fully saturated rings. The molecule has 2 aromatic heterocycles. The third-order valence-corrected chi connectivity index (χ3v) is 7.14. The van der Waals surface area contributed by atoms with Gasteiger partial charge in [0, 0.05) is 37.0 Å². The van der Waals surface area contributed by atoms with Crippen LogP contribution in [-0.4, -0.2) is 70.4 Å². The van der Waals surface area contributed by atoms with E-state index in [2.05, 4.69) is 15.3 Å². The average molecular weight is 490 g/mol. The van der Waals surface area contributed by atoms with Gasteiger partial charge in [-0.3, -0.25) is 14.2 Å². The monoisotopic (exact) mass is 490 g/mol. The number of ketones is 1. The van der Waals surface area contributed by atoms with Gasteiger partial charge in [0.2, 0.25) is 5.95 Å². The Hall–Kier alpha value is -3.15. The molecule has 3 aliphatic heterocycles. The van der Waals surface area contributed by atoms with Gasteiger partial charge in [0.05, 0.1) is 25.3 Å². The zero-order valence-electron chi connectivity index (χ0n) is 18.9. The summed E-state index contributed by atoms with van der Waals surface area (Å²) >= 11 is 0. The standard InChI is InChI=1S/C23H25F3N6O3/c24-23(25,26)18-5-6-30-21(34)8-20(31-10-16-7-15(31)12-35-16)29-22(30)32(18)11-17(33)13-1-4-19(27-9-13)28-14-2-3-14/h1,4,8-9,14-16,18H,2-3,5-7,10-12H2,(H,27,28)/t15?,16?,18-/m0/s1. The Morgan fingerprint density at radius 1 is 1.23 bits per heavy atom. The molecular weight excluding hydrogens is 465 g/mol. The van der Waals surface area contributed by atoms with Gasteiger partial charge in [-0.1, -0.05) is 0 Å². The molecule has 186 valence electrons. The fourth-order valence-electron chi connectivity index (χ4n) is 5.13. The molecule has 2 aromatic rings. The number of alkyl halides is 3. The molecule has 9 nitrogen and oxygen atoms in total. The Kier molecular flexibility index (Phi) is 5.24. The number of carbonyl (C=O) groups excluding carboxylic acids is 1. The highest BCUT2D eigenvalue weighted by Crippen LogP contribution is 2.36. The van der Waals surface area contributed by atoms with E-state index in [-0.39, 0.29) is 36.6 Å². The van der Waals surface area contributed by atoms with E-state index >= 15 is 0 Å². The highest BCUT2D eigenvalue weighted by Gasteiger charge is 2.48. The van der Waals surface area contributed by atoms with Gasteiger partial charge in [0.25, 0.3) is 5.56 Å². The first kappa shape index (κ1) is 22.3. The van der Waals surface area contributed by atoms with Crippen molar-refractivity contribution in [2.24, 2.45) is 0 Å². The molecule has 1 N–H and O–H groups in total. The maximum Gasteiger partial charge on any atom is 0.408 e. The molecule has 6 rings (SSSR count). The van der Waals surface area contributed by atoms with Gasteiger partial charge in [0.15, 0.2) is 5.78 Å². The van der Waals surface area contributed by atoms with Crippen LogP contribution in [0, 0.1) is 0 Å². The summed E-state index contributed by atoms with van der Waals surface area (Å²) in [4.78, 5) is 37.5. The van der Waals surface area contributed by atoms with E-state index in [0.29, 0.717) is 30.8 Å². The summed E-state index contributed by atoms with van der Waals surface area (Å²) < 4.78 is 48.9. The predicted octanol–water partition coefficient (Wildman–Crippen LogP) is 2.21. The number of pyridine rings is 1. The number of nitrogens with zero attached hydrogens (tertiary/aromatic N) is 5. The van der Waals surface area contributed by atoms with Crippen LogP contribution in [0.3, 0.4) is 0 Å². The van der Waals surface area contributed by atoms with Crippen LogP contribution >= 0.6 is 0 Å². The fourth-order valence-corrected chi connectivity index (χ4v) is 5.13. The molecule has 0 amide bonds. The highest BCUT2D eigenvalue weighted by atomic mass is 19.4. The number of hydrogen-bond donors (Lipinski definition) is 1. The summed E-state index contributed by atoms with van der Waals surface area (Å²) in [7, 11) is 0. The number of anilines is 3. The third-order valence-electron chi connectivity index (χ3n) is 7.14. The molecule has 1 aliphatic carbocycles. The van der Waals surface area contributed by atoms with E-state index in [9.17, 15) is 22.8 Å². The summed E-state index contributed by atoms with van der Waals surface area (Å²) in [6.07, 6.45) is -0.591. The number of ether oxygens (including phenoxy) is 1. The minimum Gasteiger partial charge on any atom is -0.374 e. The summed E-state index contributed by atoms with van der Waals surface area (Å²) in [5.74, 6) is 0.307. The van der Waals surface area contributed by atoms with Crippen LogP contribution < -0.4 is 20.7 Å². The smallest absolute Gasteiger partial charge is 0.374 e. The molecule has 0 radical (unpaired) electrons. The van der Waals surface area contributed by atoms with E-state index in [1.54, 1.807) is 12.1 Å². The van der Waals surface area contributed by atoms with Gasteiger partial charge in [-0.05, 0) is 37.8 Å². The second kappa shape index (κ2) is 8.21. The maximum absolute atomic E-state index is 14.0. The van der Waals surface area contributed by atoms with Crippen LogP contribution in [0.2, 0.25) is 0 Å². The normalized spacial score (nSPS) is 25.6. The van der Waals surface area contributed by atoms with Crippen LogP contribution in [0.25, 0.3) is 0 Å². The third kappa shape index (κ3) is 4.24. The number of halogens is 3. The summed E-state index contributed by atoms with van der Waals surface area (Å²) in [6, 6.07) is 3.09. The average Bonchev–Trinajstić information content (AvgIpc) is 3.37. The van der Waals surface area contributed by atoms with Crippen molar-refractivity contribution in [3.05, 3.63) is 40.3 Å². The maximum atomic E-state index is 14.0. The van der Waals surface area contributed by atoms with Crippen molar-refractivity contribution in [2.75, 3.05) is 34.8 Å². The molecule has 35 heavy (non-hydrogen) atoms. The summed E-state index contributed by atoms with van der Waals surface area (Å²) in [5.41, 5.74) is -0.221. The van der Waals surface area contributed by atoms with Crippen LogP contribution in [0.5, 0.6) is 0 Å². The fraction of sp³-hybridized carbons (Fsp3) is 0.565. The predicted molar refractivity (Wildman–Crippen MR) is 121 cm³/mol. The van der Waals surface area contributed by atoms with Crippen LogP contribution in [0.4, 0.5) is 30.8 Å². The first-order valence-electron chi connectivity index (χ1n) is 11.9. The number of Topliss-reactive ketones (excluding diaryl/α,β-unsaturated/α-hetero) is 1. The largest absolute Gasteiger partial charge is 0.408 e. The van der Waals surface area contributed by atoms with Crippen molar-refractivity contribution in [1.82, 2.24) is 14.5 Å². The number of aromatic nitrogens is 3. The molecular formula is C23H25F3N6O3. The zero-order chi connectivity index (χ0) is 24.3. The van der Waals surface area contributed by atoms with Gasteiger partial charge in [0.1, 0.15) is 17.7 Å². The second-order valence-corrected chi connectivity index (χ2v) is 9.65. The van der Waals surface area contributed by atoms with Crippen molar-refractivity contribution < 1.29 is 22.7 Å². The molecule has 5 heterocycles. The number of rotatable bonds is 6. The van der Waals surface area contributed by atoms with E-state index in [0.717, 1.165) is 24.2 Å². The molecule has 4 aliphatic rings. The lowest BCUT2D eigenvalue weighted by Crippen LogP contribution is -2.54. The number of carbonyl (C=O) groups is 1. The van der Waals surface area contributed by atoms with Gasteiger partial charge < -0.3 is 19.9 Å². The lowest BCUT2D eigenvalue weighted by Gasteiger charge is -2.39. The van der Waals surface area contributed by atoms with E-state index < -0.39 is 30.1 Å². The molecule has 0 aromatic carbocycles. The van der Waals surface area contributed by atoms with Gasteiger partial charge >= 0.3 is 6.18 Å². The van der Waals surface area contributed by atoms with E-state index in [1.807, 2.05) is 4.90 Å². The molecule has 2 saturated heterocycles. The minimum absolute atomic E-state index is 0.0334. The molecule has 3 atom stereocenters. The summed E-state index contributed by atoms with van der Waals surface area (Å²) in [5, 5.41) is 3.21. The van der Waals surface area contributed by atoms with Crippen molar-refractivity contribution >= 4 is 23.4 Å². The number of morpholine rings is 1. The topological polar surface area (TPSA) is 92.6 Å². The Bertz CT molecular complexity index is 1200. The van der Waals surface area contributed by atoms with Crippen LogP contribution in [-0.2, 0) is 11.3 Å². The zero-order valence-corrected chi connectivity index (χ0v) is 18.9. The van der Waals surface area contributed by atoms with Gasteiger partial charge in [-0.25, -0.2) is 4.98 Å². The van der Waals surface area contributed by atoms with E-state index in [4.69, 9.17) is 4.74 Å². The Morgan fingerprint density at radius 2 is 2.06 bits per heavy atom. The van der Waals surface area contributed by atoms with Crippen molar-refractivity contribution in [3.63, 3.8) is 0 Å². The van der Waals surface area contributed by atoms with Gasteiger partial charge in [-0.15, -0.1) is 0 Å². The number of nitrogens with one attached hydrogen (secondary N) is 1. The molecule has 2 unspecified atom stereocenters. The van der Waals surface area contributed by atoms with Crippen molar-refractivity contribution in [2.45, 2.75) is 62.6 Å². The Morgan fingerprint density at radius 3 is 2.69 bits per heavy atom. The quantitative estimate of drug-likeness (QED) is 0.617. The number of hydrogen-bond acceptors (Lipinski definition) is 8. The number of fused-ring (bicyclic) bond motifs is 3. The molecule has 0 spiro atoms. The molecule has 12 heteroatoms. The molecule has 1 saturated carbocycles. The first-order valence-corrected chi connectivity index (χ1v) is 11.9. The molecule has 2 bridgehead atoms. The summed E-state index contributed by atoms with van der Waals surface area (Å²) in [6.45, 7) is 0.354. The van der Waals surface area contributed by atoms with Gasteiger partial charge in [-0.2, -0.15) is 18.2 Å². The second-order valence-electron chi connectivity index (χ2n) is 9.65. The first-order chi connectivity index (χ1) is 16.8. The van der Waals surface area contributed by atoms with Crippen molar-refractivity contribution in [1.29, 1.82) is 0 Å². The van der Waals surface area contributed by atoms with Crippen molar-refractivity contribution in [3.8, 4) is 0 Å². The minimum atomic E-state index is -4.59. The lowest BCUT2D eigenvalue weighted by atomic mass is 10.1. The van der Waals surface area contributed by atoms with Crippen LogP contribution in [0.1, 0.15) is 36.0 Å². The SMILES string of the molecule is O=C(CN1c2nc(N3CC4CC3CO4)cc(=O)n2CC[C@H]1C(F)(F)F)c1ccc(NC2CC2)nc1. The van der Waals surface area contributed by atoms with E-state index in [1.165, 1.54) is 16.8 Å². The lowest BCUT2D eigenvalue weighted by molar-refractivity contribution is -0.152. The van der Waals surface area contributed by atoms with Crippen LogP contribution in [0.15, 0.2) is 29.2 Å². The Balaban J connectivity index is 1.31. The highest BCUT2D eigenvalue weighted by molar-refractivity contribution is 5.99. The Labute approximate surface area is 198 Å².